The van der Waals surface area contributed by atoms with Crippen LogP contribution in [0.4, 0.5) is 0 Å². The van der Waals surface area contributed by atoms with Gasteiger partial charge in [-0.3, -0.25) is 0 Å². The third kappa shape index (κ3) is 4.82. The van der Waals surface area contributed by atoms with E-state index in [9.17, 15) is 5.11 Å². The fourth-order valence-corrected chi connectivity index (χ4v) is 2.21. The molecule has 1 fully saturated rings. The molecule has 4 nitrogen and oxygen atoms in total. The van der Waals surface area contributed by atoms with Crippen LogP contribution in [0.1, 0.15) is 19.8 Å². The van der Waals surface area contributed by atoms with Gasteiger partial charge >= 0.3 is 0 Å². The second kappa shape index (κ2) is 6.89. The molecular weight excluding hydrogens is 242 g/mol. The van der Waals surface area contributed by atoms with Crippen molar-refractivity contribution in [3.05, 3.63) is 30.3 Å². The molecule has 0 aromatic heterocycles. The van der Waals surface area contributed by atoms with Gasteiger partial charge in [-0.05, 0) is 31.9 Å². The molecule has 1 heterocycles. The lowest BCUT2D eigenvalue weighted by Crippen LogP contribution is -2.51. The summed E-state index contributed by atoms with van der Waals surface area (Å²) in [5.41, 5.74) is -0.0218. The minimum absolute atomic E-state index is 0.0218. The summed E-state index contributed by atoms with van der Waals surface area (Å²) in [4.78, 5) is 0. The molecule has 19 heavy (non-hydrogen) atoms. The number of aliphatic hydroxyl groups excluding tert-OH is 1. The average molecular weight is 265 g/mol. The predicted molar refractivity (Wildman–Crippen MR) is 74.4 cm³/mol. The van der Waals surface area contributed by atoms with E-state index in [0.717, 1.165) is 25.2 Å². The number of hydrogen-bond acceptors (Lipinski definition) is 4. The Morgan fingerprint density at radius 1 is 1.42 bits per heavy atom. The van der Waals surface area contributed by atoms with Gasteiger partial charge in [-0.25, -0.2) is 0 Å². The first-order valence-corrected chi connectivity index (χ1v) is 6.87. The maximum Gasteiger partial charge on any atom is 0.119 e. The normalized spacial score (nSPS) is 24.9. The minimum Gasteiger partial charge on any atom is -0.491 e. The first-order valence-electron chi connectivity index (χ1n) is 6.87. The van der Waals surface area contributed by atoms with Crippen molar-refractivity contribution in [1.29, 1.82) is 0 Å². The van der Waals surface area contributed by atoms with Crippen molar-refractivity contribution in [1.82, 2.24) is 5.32 Å². The number of benzene rings is 1. The maximum absolute atomic E-state index is 9.93. The number of hydrogen-bond donors (Lipinski definition) is 2. The molecule has 2 unspecified atom stereocenters. The van der Waals surface area contributed by atoms with Crippen LogP contribution in [0.15, 0.2) is 30.3 Å². The van der Waals surface area contributed by atoms with Crippen molar-refractivity contribution < 1.29 is 14.6 Å². The van der Waals surface area contributed by atoms with Crippen LogP contribution >= 0.6 is 0 Å². The van der Waals surface area contributed by atoms with Crippen molar-refractivity contribution >= 4 is 0 Å². The number of aliphatic hydroxyl groups is 1. The van der Waals surface area contributed by atoms with Gasteiger partial charge in [0.05, 0.1) is 6.61 Å². The third-order valence-electron chi connectivity index (χ3n) is 3.39. The van der Waals surface area contributed by atoms with E-state index in [2.05, 4.69) is 12.2 Å². The topological polar surface area (TPSA) is 50.7 Å². The number of nitrogens with one attached hydrogen (secondary N) is 1. The average Bonchev–Trinajstić information content (AvgIpc) is 2.45. The molecule has 2 atom stereocenters. The maximum atomic E-state index is 9.93. The Hall–Kier alpha value is -1.10. The van der Waals surface area contributed by atoms with Gasteiger partial charge in [0.2, 0.25) is 0 Å². The van der Waals surface area contributed by atoms with Gasteiger partial charge in [0.15, 0.2) is 0 Å². The highest BCUT2D eigenvalue weighted by molar-refractivity contribution is 5.20. The zero-order valence-electron chi connectivity index (χ0n) is 11.5. The highest BCUT2D eigenvalue weighted by atomic mass is 16.5. The van der Waals surface area contributed by atoms with Crippen molar-refractivity contribution in [2.24, 2.45) is 0 Å². The summed E-state index contributed by atoms with van der Waals surface area (Å²) >= 11 is 0. The first-order chi connectivity index (χ1) is 9.18. The number of para-hydroxylation sites is 1. The summed E-state index contributed by atoms with van der Waals surface area (Å²) < 4.78 is 11.0. The van der Waals surface area contributed by atoms with Gasteiger partial charge in [-0.1, -0.05) is 18.2 Å². The van der Waals surface area contributed by atoms with Gasteiger partial charge in [0, 0.05) is 18.7 Å². The Morgan fingerprint density at radius 2 is 2.21 bits per heavy atom. The second-order valence-electron chi connectivity index (χ2n) is 5.38. The van der Waals surface area contributed by atoms with E-state index in [1.807, 2.05) is 30.3 Å². The van der Waals surface area contributed by atoms with Crippen molar-refractivity contribution in [3.63, 3.8) is 0 Å². The standard InChI is InChI=1S/C15H23NO3/c1-15(8-5-9-18-12-15)16-10-13(17)11-19-14-6-3-2-4-7-14/h2-4,6-7,13,16-17H,5,8-12H2,1H3. The molecule has 1 aliphatic rings. The fraction of sp³-hybridized carbons (Fsp3) is 0.600. The largest absolute Gasteiger partial charge is 0.491 e. The molecule has 0 saturated carbocycles. The Bertz CT molecular complexity index is 363. The van der Waals surface area contributed by atoms with E-state index in [4.69, 9.17) is 9.47 Å². The highest BCUT2D eigenvalue weighted by Crippen LogP contribution is 2.18. The zero-order chi connectivity index (χ0) is 13.6. The zero-order valence-corrected chi connectivity index (χ0v) is 11.5. The van der Waals surface area contributed by atoms with Gasteiger partial charge in [0.25, 0.3) is 0 Å². The van der Waals surface area contributed by atoms with Crippen LogP contribution in [0.25, 0.3) is 0 Å². The van der Waals surface area contributed by atoms with Crippen LogP contribution in [0, 0.1) is 0 Å². The predicted octanol–water partition coefficient (Wildman–Crippen LogP) is 1.58. The first kappa shape index (κ1) is 14.3. The van der Waals surface area contributed by atoms with Crippen molar-refractivity contribution in [2.45, 2.75) is 31.4 Å². The number of ether oxygens (including phenoxy) is 2. The van der Waals surface area contributed by atoms with E-state index < -0.39 is 6.10 Å². The number of rotatable bonds is 6. The van der Waals surface area contributed by atoms with Gasteiger partial charge in [0.1, 0.15) is 18.5 Å². The molecular formula is C15H23NO3. The smallest absolute Gasteiger partial charge is 0.119 e. The summed E-state index contributed by atoms with van der Waals surface area (Å²) in [6.07, 6.45) is 1.64. The van der Waals surface area contributed by atoms with Crippen LogP contribution in [0.2, 0.25) is 0 Å². The summed E-state index contributed by atoms with van der Waals surface area (Å²) in [5.74, 6) is 0.786. The van der Waals surface area contributed by atoms with E-state index in [1.165, 1.54) is 0 Å². The van der Waals surface area contributed by atoms with Crippen LogP contribution in [-0.2, 0) is 4.74 Å². The van der Waals surface area contributed by atoms with Crippen LogP contribution in [-0.4, -0.2) is 43.1 Å². The lowest BCUT2D eigenvalue weighted by atomic mass is 9.95. The lowest BCUT2D eigenvalue weighted by molar-refractivity contribution is 0.0184. The van der Waals surface area contributed by atoms with Crippen molar-refractivity contribution in [2.75, 3.05) is 26.4 Å². The molecule has 1 aromatic carbocycles. The third-order valence-corrected chi connectivity index (χ3v) is 3.39. The molecule has 0 aliphatic carbocycles. The Kier molecular flexibility index (Phi) is 5.19. The van der Waals surface area contributed by atoms with Gasteiger partial charge in [-0.15, -0.1) is 0 Å². The molecule has 0 spiro atoms. The molecule has 4 heteroatoms. The van der Waals surface area contributed by atoms with Crippen LogP contribution < -0.4 is 10.1 Å². The van der Waals surface area contributed by atoms with Gasteiger partial charge < -0.3 is 19.9 Å². The number of β-amino-alcohol motifs (C(OH)–C–C–N with tert-alkyl or cyclic N) is 1. The second-order valence-corrected chi connectivity index (χ2v) is 5.38. The molecule has 1 aliphatic heterocycles. The van der Waals surface area contributed by atoms with E-state index >= 15 is 0 Å². The molecule has 0 amide bonds. The van der Waals surface area contributed by atoms with E-state index in [-0.39, 0.29) is 5.54 Å². The van der Waals surface area contributed by atoms with Crippen LogP contribution in [0.3, 0.4) is 0 Å². The Balaban J connectivity index is 1.68. The SMILES string of the molecule is CC1(NCC(O)COc2ccccc2)CCCOC1. The molecule has 1 aromatic rings. The molecule has 2 N–H and O–H groups in total. The molecule has 0 radical (unpaired) electrons. The quantitative estimate of drug-likeness (QED) is 0.820. The molecule has 2 rings (SSSR count). The summed E-state index contributed by atoms with van der Waals surface area (Å²) in [6.45, 7) is 4.51. The Labute approximate surface area is 114 Å². The van der Waals surface area contributed by atoms with Gasteiger partial charge in [-0.2, -0.15) is 0 Å². The van der Waals surface area contributed by atoms with E-state index in [0.29, 0.717) is 19.8 Å². The monoisotopic (exact) mass is 265 g/mol. The van der Waals surface area contributed by atoms with E-state index in [1.54, 1.807) is 0 Å². The summed E-state index contributed by atoms with van der Waals surface area (Å²) in [5, 5.41) is 13.3. The molecule has 106 valence electrons. The minimum atomic E-state index is -0.515. The fourth-order valence-electron chi connectivity index (χ4n) is 2.21. The summed E-state index contributed by atoms with van der Waals surface area (Å²) in [7, 11) is 0. The highest BCUT2D eigenvalue weighted by Gasteiger charge is 2.27. The lowest BCUT2D eigenvalue weighted by Gasteiger charge is -2.35. The molecule has 1 saturated heterocycles. The summed E-state index contributed by atoms with van der Waals surface area (Å²) in [6, 6.07) is 9.54. The molecule has 0 bridgehead atoms. The van der Waals surface area contributed by atoms with Crippen LogP contribution in [0.5, 0.6) is 5.75 Å². The Morgan fingerprint density at radius 3 is 2.89 bits per heavy atom. The van der Waals surface area contributed by atoms with Crippen molar-refractivity contribution in [3.8, 4) is 5.75 Å².